The molecule has 2 nitrogen and oxygen atoms in total. The number of hydrogen-bond donors (Lipinski definition) is 0. The first-order valence-corrected chi connectivity index (χ1v) is 16.9. The monoisotopic (exact) mass is 394 g/mol. The van der Waals surface area contributed by atoms with Crippen molar-refractivity contribution in [3.63, 3.8) is 0 Å². The Balaban J connectivity index is 3.78. The van der Waals surface area contributed by atoms with Gasteiger partial charge >= 0.3 is 0 Å². The van der Waals surface area contributed by atoms with Crippen LogP contribution < -0.4 is 0 Å². The topological polar surface area (TPSA) is 18.5 Å². The maximum atomic E-state index is 6.03. The van der Waals surface area contributed by atoms with Crippen molar-refractivity contribution in [1.29, 1.82) is 0 Å². The number of alkyl halides is 1. The van der Waals surface area contributed by atoms with Crippen molar-refractivity contribution in [2.45, 2.75) is 77.6 Å². The molecule has 0 aliphatic heterocycles. The van der Waals surface area contributed by atoms with Gasteiger partial charge in [0.05, 0.1) is 0 Å². The van der Waals surface area contributed by atoms with Crippen LogP contribution in [0.5, 0.6) is 0 Å². The minimum Gasteiger partial charge on any atom is -0.458 e. The Morgan fingerprint density at radius 3 is 2.30 bits per heavy atom. The smallest absolute Gasteiger partial charge is 0.200 e. The molecule has 1 atom stereocenters. The summed E-state index contributed by atoms with van der Waals surface area (Å²) in [6.07, 6.45) is 10.1. The van der Waals surface area contributed by atoms with Gasteiger partial charge in [-0.05, 0) is 51.1 Å². The normalized spacial score (nSPS) is 14.3. The predicted molar refractivity (Wildman–Crippen MR) is 114 cm³/mol. The van der Waals surface area contributed by atoms with Gasteiger partial charge in [0.1, 0.15) is 9.76 Å². The molecule has 0 radical (unpaired) electrons. The molecule has 0 aliphatic carbocycles. The summed E-state index contributed by atoms with van der Waals surface area (Å²) in [7, 11) is -2.16. The third kappa shape index (κ3) is 12.6. The van der Waals surface area contributed by atoms with E-state index in [9.17, 15) is 0 Å². The molecule has 0 N–H and O–H groups in total. The van der Waals surface area contributed by atoms with E-state index in [0.717, 1.165) is 31.2 Å². The molecule has 0 aliphatic rings. The second-order valence-corrected chi connectivity index (χ2v) is 13.7. The SMILES string of the molecule is C=C(CCCCCCC(CCCCl)CO[SiH2]C)[Si](C)(C)O[SiH2]C. The summed E-state index contributed by atoms with van der Waals surface area (Å²) in [5, 5.41) is 1.40. The van der Waals surface area contributed by atoms with Crippen LogP contribution in [0.3, 0.4) is 0 Å². The third-order valence-corrected chi connectivity index (χ3v) is 11.4. The zero-order valence-corrected chi connectivity index (χ0v) is 20.5. The molecule has 0 bridgehead atoms. The summed E-state index contributed by atoms with van der Waals surface area (Å²) in [6, 6.07) is 0. The zero-order valence-electron chi connectivity index (χ0n) is 16.0. The number of unbranched alkanes of at least 4 members (excludes halogenated alkanes) is 3. The molecular formula is C17H39ClO2Si3. The van der Waals surface area contributed by atoms with Crippen molar-refractivity contribution in [1.82, 2.24) is 0 Å². The fourth-order valence-electron chi connectivity index (χ4n) is 2.85. The minimum absolute atomic E-state index is 0.264. The molecule has 0 aromatic rings. The fourth-order valence-corrected chi connectivity index (χ4v) is 8.06. The average Bonchev–Trinajstić information content (AvgIpc) is 2.52. The van der Waals surface area contributed by atoms with Gasteiger partial charge in [0.25, 0.3) is 0 Å². The van der Waals surface area contributed by atoms with E-state index in [-0.39, 0.29) is 19.5 Å². The summed E-state index contributed by atoms with van der Waals surface area (Å²) in [4.78, 5) is 0. The minimum atomic E-state index is -1.58. The van der Waals surface area contributed by atoms with Crippen LogP contribution in [0.15, 0.2) is 11.8 Å². The van der Waals surface area contributed by atoms with Crippen molar-refractivity contribution in [3.05, 3.63) is 11.8 Å². The number of halogens is 1. The number of rotatable bonds is 16. The van der Waals surface area contributed by atoms with Crippen LogP contribution in [0, 0.1) is 5.92 Å². The van der Waals surface area contributed by atoms with E-state index in [4.69, 9.17) is 20.1 Å². The van der Waals surface area contributed by atoms with Crippen molar-refractivity contribution >= 4 is 39.4 Å². The molecule has 0 aromatic heterocycles. The molecule has 0 heterocycles. The fraction of sp³-hybridized carbons (Fsp3) is 0.882. The Labute approximate surface area is 155 Å². The maximum Gasteiger partial charge on any atom is 0.200 e. The second kappa shape index (κ2) is 14.9. The van der Waals surface area contributed by atoms with Gasteiger partial charge in [-0.3, -0.25) is 0 Å². The van der Waals surface area contributed by atoms with E-state index in [2.05, 4.69) is 32.8 Å². The molecule has 1 unspecified atom stereocenters. The average molecular weight is 395 g/mol. The molecule has 23 heavy (non-hydrogen) atoms. The summed E-state index contributed by atoms with van der Waals surface area (Å²) in [5.41, 5.74) is 0. The highest BCUT2D eigenvalue weighted by Gasteiger charge is 2.24. The van der Waals surface area contributed by atoms with Crippen LogP contribution in [-0.4, -0.2) is 40.3 Å². The highest BCUT2D eigenvalue weighted by atomic mass is 35.5. The quantitative estimate of drug-likeness (QED) is 0.217. The third-order valence-electron chi connectivity index (χ3n) is 4.50. The Morgan fingerprint density at radius 1 is 1.04 bits per heavy atom. The van der Waals surface area contributed by atoms with Crippen molar-refractivity contribution in [2.75, 3.05) is 12.5 Å². The summed E-state index contributed by atoms with van der Waals surface area (Å²) >= 11 is 5.83. The molecule has 0 spiro atoms. The van der Waals surface area contributed by atoms with Crippen LogP contribution in [0.4, 0.5) is 0 Å². The molecule has 6 heteroatoms. The number of hydrogen-bond acceptors (Lipinski definition) is 2. The van der Waals surface area contributed by atoms with Gasteiger partial charge in [0, 0.05) is 12.5 Å². The van der Waals surface area contributed by atoms with Crippen molar-refractivity contribution < 1.29 is 8.54 Å². The number of allylic oxidation sites excluding steroid dienone is 1. The molecule has 0 amide bonds. The van der Waals surface area contributed by atoms with E-state index in [1.54, 1.807) is 0 Å². The van der Waals surface area contributed by atoms with Crippen LogP contribution in [0.25, 0.3) is 0 Å². The van der Waals surface area contributed by atoms with E-state index in [0.29, 0.717) is 0 Å². The molecule has 0 fully saturated rings. The van der Waals surface area contributed by atoms with Gasteiger partial charge in [-0.15, -0.1) is 18.2 Å². The summed E-state index contributed by atoms with van der Waals surface area (Å²) < 4.78 is 11.8. The molecular weight excluding hydrogens is 356 g/mol. The molecule has 0 aromatic carbocycles. The van der Waals surface area contributed by atoms with Crippen molar-refractivity contribution in [3.8, 4) is 0 Å². The molecule has 0 rings (SSSR count). The van der Waals surface area contributed by atoms with Crippen LogP contribution in [0.2, 0.25) is 26.2 Å². The standard InChI is InChI=1S/C17H39ClO2Si3/c1-16(23(4,5)20-22-3)11-8-6-7-9-12-17(13-10-14-18)15-19-21-2/h17H,1,6-15,21-22H2,2-5H3. The lowest BCUT2D eigenvalue weighted by Gasteiger charge is -2.25. The van der Waals surface area contributed by atoms with Gasteiger partial charge in [0.2, 0.25) is 8.32 Å². The zero-order chi connectivity index (χ0) is 17.6. The van der Waals surface area contributed by atoms with E-state index < -0.39 is 8.32 Å². The highest BCUT2D eigenvalue weighted by molar-refractivity contribution is 6.81. The Hall–Kier alpha value is 0.601. The molecule has 0 saturated carbocycles. The van der Waals surface area contributed by atoms with E-state index >= 15 is 0 Å². The Morgan fingerprint density at radius 2 is 1.70 bits per heavy atom. The maximum absolute atomic E-state index is 6.03. The predicted octanol–water partition coefficient (Wildman–Crippen LogP) is 4.56. The Kier molecular flexibility index (Phi) is 15.3. The van der Waals surface area contributed by atoms with Gasteiger partial charge in [-0.2, -0.15) is 0 Å². The van der Waals surface area contributed by atoms with E-state index in [1.165, 1.54) is 43.7 Å². The Bertz CT molecular complexity index is 294. The van der Waals surface area contributed by atoms with Crippen LogP contribution in [0.1, 0.15) is 51.4 Å². The van der Waals surface area contributed by atoms with Gasteiger partial charge in [0.15, 0.2) is 9.76 Å². The van der Waals surface area contributed by atoms with Gasteiger partial charge in [-0.25, -0.2) is 0 Å². The van der Waals surface area contributed by atoms with Crippen LogP contribution >= 0.6 is 11.6 Å². The first kappa shape index (κ1) is 23.6. The van der Waals surface area contributed by atoms with Crippen molar-refractivity contribution in [2.24, 2.45) is 5.92 Å². The molecule has 138 valence electrons. The summed E-state index contributed by atoms with van der Waals surface area (Å²) in [6.45, 7) is 14.3. The largest absolute Gasteiger partial charge is 0.458 e. The first-order chi connectivity index (χ1) is 11.0. The van der Waals surface area contributed by atoms with Gasteiger partial charge < -0.3 is 8.54 Å². The van der Waals surface area contributed by atoms with Crippen LogP contribution in [-0.2, 0) is 8.54 Å². The first-order valence-electron chi connectivity index (χ1n) is 9.43. The lowest BCUT2D eigenvalue weighted by Crippen LogP contribution is -2.34. The molecule has 0 saturated heterocycles. The lowest BCUT2D eigenvalue weighted by molar-refractivity contribution is 0.237. The lowest BCUT2D eigenvalue weighted by atomic mass is 9.97. The summed E-state index contributed by atoms with van der Waals surface area (Å²) in [5.74, 6) is 1.51. The highest BCUT2D eigenvalue weighted by Crippen LogP contribution is 2.22. The van der Waals surface area contributed by atoms with Gasteiger partial charge in [-0.1, -0.05) is 37.6 Å². The van der Waals surface area contributed by atoms with E-state index in [1.807, 2.05) is 0 Å². The second-order valence-electron chi connectivity index (χ2n) is 6.86.